The third-order valence-corrected chi connectivity index (χ3v) is 6.09. The fourth-order valence-electron chi connectivity index (χ4n) is 3.46. The van der Waals surface area contributed by atoms with E-state index in [1.54, 1.807) is 29.4 Å². The van der Waals surface area contributed by atoms with Crippen LogP contribution in [0.2, 0.25) is 0 Å². The molecule has 0 bridgehead atoms. The molecule has 2 heterocycles. The minimum atomic E-state index is -0.618. The summed E-state index contributed by atoms with van der Waals surface area (Å²) in [4.78, 5) is 31.7. The lowest BCUT2D eigenvalue weighted by Gasteiger charge is -2.27. The highest BCUT2D eigenvalue weighted by molar-refractivity contribution is 7.21. The van der Waals surface area contributed by atoms with E-state index in [9.17, 15) is 14.0 Å². The molecule has 0 spiro atoms. The fraction of sp³-hybridized carbons (Fsp3) is 0.400. The van der Waals surface area contributed by atoms with Gasteiger partial charge in [0.15, 0.2) is 0 Å². The number of nitrogens with one attached hydrogen (secondary N) is 1. The molecule has 0 unspecified atom stereocenters. The van der Waals surface area contributed by atoms with Gasteiger partial charge in [-0.25, -0.2) is 9.18 Å². The number of amides is 2. The Kier molecular flexibility index (Phi) is 8.57. The van der Waals surface area contributed by atoms with Gasteiger partial charge in [0, 0.05) is 48.2 Å². The molecule has 0 aliphatic heterocycles. The van der Waals surface area contributed by atoms with Crippen LogP contribution >= 0.6 is 11.3 Å². The number of hydrogen-bond donors (Lipinski definition) is 1. The predicted octanol–water partition coefficient (Wildman–Crippen LogP) is 5.14. The van der Waals surface area contributed by atoms with Crippen molar-refractivity contribution in [2.24, 2.45) is 0 Å². The van der Waals surface area contributed by atoms with Gasteiger partial charge in [-0.05, 0) is 51.0 Å². The van der Waals surface area contributed by atoms with Crippen molar-refractivity contribution in [2.45, 2.75) is 45.9 Å². The number of fused-ring (bicyclic) bond motifs is 1. The summed E-state index contributed by atoms with van der Waals surface area (Å²) >= 11 is 1.24. The Morgan fingerprint density at radius 2 is 2.00 bits per heavy atom. The maximum absolute atomic E-state index is 14.4. The van der Waals surface area contributed by atoms with Gasteiger partial charge >= 0.3 is 6.09 Å². The predicted molar refractivity (Wildman–Crippen MR) is 130 cm³/mol. The van der Waals surface area contributed by atoms with E-state index in [0.717, 1.165) is 5.56 Å². The summed E-state index contributed by atoms with van der Waals surface area (Å²) in [5.74, 6) is -0.660. The molecule has 9 heteroatoms. The van der Waals surface area contributed by atoms with E-state index in [2.05, 4.69) is 10.3 Å². The normalized spacial score (nSPS) is 11.4. The van der Waals surface area contributed by atoms with Gasteiger partial charge < -0.3 is 19.7 Å². The number of hydrogen-bond acceptors (Lipinski definition) is 6. The van der Waals surface area contributed by atoms with Crippen LogP contribution in [-0.4, -0.2) is 47.7 Å². The molecule has 34 heavy (non-hydrogen) atoms. The highest BCUT2D eigenvalue weighted by Gasteiger charge is 2.23. The zero-order chi connectivity index (χ0) is 24.7. The van der Waals surface area contributed by atoms with Crippen molar-refractivity contribution in [3.05, 3.63) is 64.5 Å². The molecule has 1 N–H and O–H groups in total. The second-order valence-electron chi connectivity index (χ2n) is 8.83. The standard InChI is InChI=1S/C25H30FN3O4S/c1-25(2,3)33-24(31)29(15-17-8-6-11-27-14-17)13-7-12-28-23(30)22-18(16-32-4)21-19(26)9-5-10-20(21)34-22/h5-6,8-11,14H,7,12-13,15-16H2,1-4H3,(H,28,30). The molecule has 0 aliphatic rings. The molecule has 2 amide bonds. The molecule has 0 radical (unpaired) electrons. The summed E-state index contributed by atoms with van der Waals surface area (Å²) in [5.41, 5.74) is 0.811. The first-order valence-corrected chi connectivity index (χ1v) is 11.8. The Bertz CT molecular complexity index is 1130. The molecule has 1 aromatic carbocycles. The van der Waals surface area contributed by atoms with E-state index < -0.39 is 11.7 Å². The van der Waals surface area contributed by atoms with Crippen LogP contribution in [0.4, 0.5) is 9.18 Å². The van der Waals surface area contributed by atoms with E-state index in [4.69, 9.17) is 9.47 Å². The van der Waals surface area contributed by atoms with Crippen molar-refractivity contribution in [2.75, 3.05) is 20.2 Å². The highest BCUT2D eigenvalue weighted by atomic mass is 32.1. The Morgan fingerprint density at radius 1 is 1.21 bits per heavy atom. The van der Waals surface area contributed by atoms with Crippen LogP contribution in [0.5, 0.6) is 0 Å². The molecule has 0 atom stereocenters. The maximum atomic E-state index is 14.4. The monoisotopic (exact) mass is 487 g/mol. The molecule has 0 aliphatic carbocycles. The fourth-order valence-corrected chi connectivity index (χ4v) is 4.60. The Balaban J connectivity index is 1.64. The third-order valence-electron chi connectivity index (χ3n) is 4.90. The molecule has 0 saturated heterocycles. The maximum Gasteiger partial charge on any atom is 0.410 e. The van der Waals surface area contributed by atoms with Crippen LogP contribution in [0, 0.1) is 5.82 Å². The van der Waals surface area contributed by atoms with E-state index in [-0.39, 0.29) is 18.3 Å². The van der Waals surface area contributed by atoms with Gasteiger partial charge in [-0.2, -0.15) is 0 Å². The van der Waals surface area contributed by atoms with Crippen molar-refractivity contribution in [3.63, 3.8) is 0 Å². The zero-order valence-electron chi connectivity index (χ0n) is 19.9. The lowest BCUT2D eigenvalue weighted by atomic mass is 10.1. The van der Waals surface area contributed by atoms with E-state index in [0.29, 0.717) is 46.6 Å². The number of ether oxygens (including phenoxy) is 2. The number of methoxy groups -OCH3 is 1. The number of carbonyl (C=O) groups is 2. The van der Waals surface area contributed by atoms with Crippen LogP contribution in [0.1, 0.15) is 48.0 Å². The van der Waals surface area contributed by atoms with Crippen molar-refractivity contribution >= 4 is 33.4 Å². The number of halogens is 1. The minimum absolute atomic E-state index is 0.140. The molecule has 0 saturated carbocycles. The molecule has 3 aromatic rings. The number of carbonyl (C=O) groups excluding carboxylic acids is 2. The molecule has 7 nitrogen and oxygen atoms in total. The molecule has 3 rings (SSSR count). The number of pyridine rings is 1. The summed E-state index contributed by atoms with van der Waals surface area (Å²) in [6.45, 7) is 6.67. The van der Waals surface area contributed by atoms with Gasteiger partial charge in [0.1, 0.15) is 11.4 Å². The molecule has 0 fully saturated rings. The lowest BCUT2D eigenvalue weighted by Crippen LogP contribution is -2.38. The van der Waals surface area contributed by atoms with Gasteiger partial charge in [0.25, 0.3) is 5.91 Å². The smallest absolute Gasteiger partial charge is 0.410 e. The number of benzene rings is 1. The van der Waals surface area contributed by atoms with Gasteiger partial charge in [-0.15, -0.1) is 11.3 Å². The number of rotatable bonds is 9. The Labute approximate surface area is 202 Å². The number of thiophene rings is 1. The zero-order valence-corrected chi connectivity index (χ0v) is 20.7. The van der Waals surface area contributed by atoms with Crippen LogP contribution in [0.3, 0.4) is 0 Å². The quantitative estimate of drug-likeness (QED) is 0.423. The highest BCUT2D eigenvalue weighted by Crippen LogP contribution is 2.33. The first kappa shape index (κ1) is 25.6. The van der Waals surface area contributed by atoms with E-state index >= 15 is 0 Å². The van der Waals surface area contributed by atoms with Crippen molar-refractivity contribution in [1.29, 1.82) is 0 Å². The molecule has 2 aromatic heterocycles. The van der Waals surface area contributed by atoms with Crippen LogP contribution in [0.25, 0.3) is 10.1 Å². The van der Waals surface area contributed by atoms with Crippen LogP contribution < -0.4 is 5.32 Å². The SMILES string of the molecule is COCc1c(C(=O)NCCCN(Cc2cccnc2)C(=O)OC(C)(C)C)sc2cccc(F)c12. The second-order valence-corrected chi connectivity index (χ2v) is 9.88. The van der Waals surface area contributed by atoms with Gasteiger partial charge in [0.05, 0.1) is 18.0 Å². The van der Waals surface area contributed by atoms with Crippen molar-refractivity contribution < 1.29 is 23.5 Å². The molecule has 182 valence electrons. The Morgan fingerprint density at radius 3 is 2.68 bits per heavy atom. The third kappa shape index (κ3) is 6.74. The molecular formula is C25H30FN3O4S. The molecular weight excluding hydrogens is 457 g/mol. The van der Waals surface area contributed by atoms with E-state index in [1.807, 2.05) is 32.9 Å². The largest absolute Gasteiger partial charge is 0.444 e. The summed E-state index contributed by atoms with van der Waals surface area (Å²) in [6, 6.07) is 8.50. The summed E-state index contributed by atoms with van der Waals surface area (Å²) in [5, 5.41) is 3.31. The summed E-state index contributed by atoms with van der Waals surface area (Å²) in [7, 11) is 1.51. The minimum Gasteiger partial charge on any atom is -0.444 e. The van der Waals surface area contributed by atoms with E-state index in [1.165, 1.54) is 24.5 Å². The summed E-state index contributed by atoms with van der Waals surface area (Å²) < 4.78 is 25.8. The van der Waals surface area contributed by atoms with Crippen molar-refractivity contribution in [3.8, 4) is 0 Å². The van der Waals surface area contributed by atoms with Crippen LogP contribution in [-0.2, 0) is 22.6 Å². The topological polar surface area (TPSA) is 80.8 Å². The summed E-state index contributed by atoms with van der Waals surface area (Å²) in [6.07, 6.45) is 3.47. The van der Waals surface area contributed by atoms with Crippen LogP contribution in [0.15, 0.2) is 42.7 Å². The average Bonchev–Trinajstić information content (AvgIpc) is 3.15. The lowest BCUT2D eigenvalue weighted by molar-refractivity contribution is 0.0232. The van der Waals surface area contributed by atoms with Gasteiger partial charge in [-0.1, -0.05) is 12.1 Å². The Hall–Kier alpha value is -3.04. The first-order valence-electron chi connectivity index (χ1n) is 11.0. The van der Waals surface area contributed by atoms with Gasteiger partial charge in [-0.3, -0.25) is 9.78 Å². The van der Waals surface area contributed by atoms with Gasteiger partial charge in [0.2, 0.25) is 0 Å². The van der Waals surface area contributed by atoms with Crippen molar-refractivity contribution in [1.82, 2.24) is 15.2 Å². The first-order chi connectivity index (χ1) is 16.2. The number of aromatic nitrogens is 1. The average molecular weight is 488 g/mol. The second kappa shape index (κ2) is 11.4. The number of nitrogens with zero attached hydrogens (tertiary/aromatic N) is 2.